The molecule has 6 nitrogen and oxygen atoms in total. The SMILES string of the molecule is CCC(N)(O)CN.NC(N)=O. The third kappa shape index (κ3) is 17.6. The molecule has 0 fully saturated rings. The van der Waals surface area contributed by atoms with E-state index in [-0.39, 0.29) is 6.54 Å². The lowest BCUT2D eigenvalue weighted by atomic mass is 10.2. The van der Waals surface area contributed by atoms with E-state index in [1.165, 1.54) is 0 Å². The predicted octanol–water partition coefficient (Wildman–Crippen LogP) is -1.97. The Morgan fingerprint density at radius 3 is 1.82 bits per heavy atom. The molecule has 0 saturated heterocycles. The number of hydrogen-bond donors (Lipinski definition) is 5. The highest BCUT2D eigenvalue weighted by Crippen LogP contribution is 1.94. The Labute approximate surface area is 65.5 Å². The molecule has 0 aliphatic rings. The monoisotopic (exact) mass is 164 g/mol. The number of carbonyl (C=O) groups excluding carboxylic acids is 1. The third-order valence-electron chi connectivity index (χ3n) is 0.966. The number of aliphatic hydroxyl groups is 1. The zero-order chi connectivity index (χ0) is 9.49. The van der Waals surface area contributed by atoms with Crippen molar-refractivity contribution in [1.29, 1.82) is 0 Å². The standard InChI is InChI=1S/C4H12N2O.CH4N2O/c1-2-4(6,7)3-5;2-1(3)4/h7H,2-3,5-6H2,1H3;(H4,2,3,4). The summed E-state index contributed by atoms with van der Waals surface area (Å²) >= 11 is 0. The van der Waals surface area contributed by atoms with Crippen molar-refractivity contribution >= 4 is 6.03 Å². The molecule has 0 aromatic carbocycles. The fraction of sp³-hybridized carbons (Fsp3) is 0.800. The largest absolute Gasteiger partial charge is 0.375 e. The summed E-state index contributed by atoms with van der Waals surface area (Å²) in [5.74, 6) is 0. The lowest BCUT2D eigenvalue weighted by Crippen LogP contribution is -2.45. The maximum absolute atomic E-state index is 9.00. The molecule has 0 heterocycles. The molecule has 0 spiro atoms. The van der Waals surface area contributed by atoms with E-state index in [2.05, 4.69) is 11.5 Å². The molecule has 1 unspecified atom stereocenters. The second kappa shape index (κ2) is 5.90. The maximum Gasteiger partial charge on any atom is 0.309 e. The third-order valence-corrected chi connectivity index (χ3v) is 0.966. The van der Waals surface area contributed by atoms with E-state index < -0.39 is 11.8 Å². The molecular weight excluding hydrogens is 148 g/mol. The Morgan fingerprint density at radius 2 is 1.82 bits per heavy atom. The van der Waals surface area contributed by atoms with E-state index in [1.807, 2.05) is 0 Å². The highest BCUT2D eigenvalue weighted by Gasteiger charge is 2.13. The van der Waals surface area contributed by atoms with Crippen LogP contribution in [0.2, 0.25) is 0 Å². The minimum atomic E-state index is -1.14. The number of rotatable bonds is 2. The Kier molecular flexibility index (Phi) is 6.86. The van der Waals surface area contributed by atoms with Gasteiger partial charge in [0.05, 0.1) is 0 Å². The Bertz CT molecular complexity index is 105. The number of amides is 2. The predicted molar refractivity (Wildman–Crippen MR) is 42.3 cm³/mol. The van der Waals surface area contributed by atoms with Gasteiger partial charge in [-0.25, -0.2) is 4.79 Å². The zero-order valence-corrected chi connectivity index (χ0v) is 6.58. The second-order valence-corrected chi connectivity index (χ2v) is 2.06. The molecule has 0 aromatic heterocycles. The van der Waals surface area contributed by atoms with Crippen molar-refractivity contribution in [3.63, 3.8) is 0 Å². The van der Waals surface area contributed by atoms with Crippen LogP contribution in [0.5, 0.6) is 0 Å². The van der Waals surface area contributed by atoms with Crippen molar-refractivity contribution in [2.75, 3.05) is 6.54 Å². The molecule has 0 aliphatic carbocycles. The van der Waals surface area contributed by atoms with Gasteiger partial charge in [0.1, 0.15) is 5.72 Å². The van der Waals surface area contributed by atoms with Crippen LogP contribution in [0.1, 0.15) is 13.3 Å². The minimum absolute atomic E-state index is 0.128. The average molecular weight is 164 g/mol. The van der Waals surface area contributed by atoms with Gasteiger partial charge < -0.3 is 28.0 Å². The summed E-state index contributed by atoms with van der Waals surface area (Å²) in [7, 11) is 0. The van der Waals surface area contributed by atoms with Gasteiger partial charge in [0.15, 0.2) is 0 Å². The first kappa shape index (κ1) is 12.8. The second-order valence-electron chi connectivity index (χ2n) is 2.06. The molecular formula is C5H16N4O2. The topological polar surface area (TPSA) is 141 Å². The van der Waals surface area contributed by atoms with Crippen LogP contribution < -0.4 is 22.9 Å². The van der Waals surface area contributed by atoms with Gasteiger partial charge in [0.2, 0.25) is 0 Å². The van der Waals surface area contributed by atoms with E-state index in [0.29, 0.717) is 6.42 Å². The first-order valence-electron chi connectivity index (χ1n) is 3.12. The Balaban J connectivity index is 0. The van der Waals surface area contributed by atoms with E-state index in [9.17, 15) is 0 Å². The zero-order valence-electron chi connectivity index (χ0n) is 6.58. The molecule has 0 saturated carbocycles. The maximum atomic E-state index is 9.00. The van der Waals surface area contributed by atoms with Crippen LogP contribution in [0.3, 0.4) is 0 Å². The van der Waals surface area contributed by atoms with Gasteiger partial charge in [-0.15, -0.1) is 0 Å². The summed E-state index contributed by atoms with van der Waals surface area (Å²) < 4.78 is 0. The summed E-state index contributed by atoms with van der Waals surface area (Å²) in [6, 6.07) is -0.833. The summed E-state index contributed by atoms with van der Waals surface area (Å²) in [6.45, 7) is 1.91. The van der Waals surface area contributed by atoms with E-state index in [1.54, 1.807) is 6.92 Å². The van der Waals surface area contributed by atoms with Gasteiger partial charge in [0, 0.05) is 6.54 Å². The van der Waals surface area contributed by atoms with Crippen molar-refractivity contribution in [3.05, 3.63) is 0 Å². The summed E-state index contributed by atoms with van der Waals surface area (Å²) in [6.07, 6.45) is 0.503. The number of primary amides is 2. The molecule has 0 aromatic rings. The van der Waals surface area contributed by atoms with E-state index in [4.69, 9.17) is 21.4 Å². The van der Waals surface area contributed by atoms with Crippen molar-refractivity contribution in [2.24, 2.45) is 22.9 Å². The Hall–Kier alpha value is -0.850. The molecule has 68 valence electrons. The number of hydrogen-bond acceptors (Lipinski definition) is 4. The number of carbonyl (C=O) groups is 1. The van der Waals surface area contributed by atoms with Crippen LogP contribution >= 0.6 is 0 Å². The summed E-state index contributed by atoms with van der Waals surface area (Å²) in [5.41, 5.74) is 17.5. The van der Waals surface area contributed by atoms with Crippen LogP contribution in [-0.4, -0.2) is 23.4 Å². The van der Waals surface area contributed by atoms with Crippen molar-refractivity contribution in [3.8, 4) is 0 Å². The fourth-order valence-corrected chi connectivity index (χ4v) is 0.144. The molecule has 0 bridgehead atoms. The first-order valence-corrected chi connectivity index (χ1v) is 3.12. The highest BCUT2D eigenvalue weighted by molar-refractivity contribution is 5.69. The molecule has 0 radical (unpaired) electrons. The van der Waals surface area contributed by atoms with Crippen molar-refractivity contribution < 1.29 is 9.90 Å². The molecule has 11 heavy (non-hydrogen) atoms. The van der Waals surface area contributed by atoms with Gasteiger partial charge in [-0.3, -0.25) is 0 Å². The van der Waals surface area contributed by atoms with Gasteiger partial charge >= 0.3 is 6.03 Å². The minimum Gasteiger partial charge on any atom is -0.375 e. The van der Waals surface area contributed by atoms with Gasteiger partial charge in [-0.2, -0.15) is 0 Å². The van der Waals surface area contributed by atoms with Crippen molar-refractivity contribution in [1.82, 2.24) is 0 Å². The fourth-order valence-electron chi connectivity index (χ4n) is 0.144. The Morgan fingerprint density at radius 1 is 1.55 bits per heavy atom. The van der Waals surface area contributed by atoms with Gasteiger partial charge in [-0.05, 0) is 6.42 Å². The number of nitrogens with two attached hydrogens (primary N) is 4. The molecule has 1 atom stereocenters. The summed E-state index contributed by atoms with van der Waals surface area (Å²) in [5, 5.41) is 8.78. The van der Waals surface area contributed by atoms with Gasteiger partial charge in [-0.1, -0.05) is 6.92 Å². The lowest BCUT2D eigenvalue weighted by molar-refractivity contribution is 0.0522. The summed E-state index contributed by atoms with van der Waals surface area (Å²) in [4.78, 5) is 9.00. The van der Waals surface area contributed by atoms with Gasteiger partial charge in [0.25, 0.3) is 0 Å². The number of urea groups is 1. The lowest BCUT2D eigenvalue weighted by Gasteiger charge is -2.17. The molecule has 6 heteroatoms. The first-order chi connectivity index (χ1) is 4.85. The molecule has 0 rings (SSSR count). The van der Waals surface area contributed by atoms with Crippen LogP contribution in [-0.2, 0) is 0 Å². The molecule has 0 aliphatic heterocycles. The van der Waals surface area contributed by atoms with Crippen LogP contribution in [0, 0.1) is 0 Å². The van der Waals surface area contributed by atoms with Crippen LogP contribution in [0.25, 0.3) is 0 Å². The molecule has 2 amide bonds. The van der Waals surface area contributed by atoms with E-state index >= 15 is 0 Å². The van der Waals surface area contributed by atoms with Crippen molar-refractivity contribution in [2.45, 2.75) is 19.1 Å². The smallest absolute Gasteiger partial charge is 0.309 e. The van der Waals surface area contributed by atoms with Crippen LogP contribution in [0.4, 0.5) is 4.79 Å². The average Bonchev–Trinajstić information content (AvgIpc) is 1.87. The quantitative estimate of drug-likeness (QED) is 0.302. The van der Waals surface area contributed by atoms with Crippen LogP contribution in [0.15, 0.2) is 0 Å². The van der Waals surface area contributed by atoms with E-state index in [0.717, 1.165) is 0 Å². The normalized spacial score (nSPS) is 14.2. The highest BCUT2D eigenvalue weighted by atomic mass is 16.3. The molecule has 9 N–H and O–H groups in total.